The molecule has 1 N–H and O–H groups in total. The molecule has 1 heterocycles. The number of fused-ring (bicyclic) bond motifs is 1. The first-order valence-electron chi connectivity index (χ1n) is 7.60. The summed E-state index contributed by atoms with van der Waals surface area (Å²) in [5.74, 6) is -0.709. The Hall–Kier alpha value is -1.10. The number of carbonyl (C=O) groups is 1. The summed E-state index contributed by atoms with van der Waals surface area (Å²) < 4.78 is 0. The number of carboxylic acids is 1. The van der Waals surface area contributed by atoms with Gasteiger partial charge in [-0.15, -0.1) is 0 Å². The number of aliphatic carboxylic acids is 1. The molecule has 1 aromatic rings. The van der Waals surface area contributed by atoms with Crippen LogP contribution >= 0.6 is 11.6 Å². The molecule has 1 aliphatic carbocycles. The zero-order valence-electron chi connectivity index (χ0n) is 12.1. The third kappa shape index (κ3) is 3.39. The molecule has 1 saturated heterocycles. The van der Waals surface area contributed by atoms with Gasteiger partial charge < -0.3 is 10.0 Å². The van der Waals surface area contributed by atoms with Crippen LogP contribution in [0.3, 0.4) is 0 Å². The summed E-state index contributed by atoms with van der Waals surface area (Å²) in [6.07, 6.45) is 2.52. The molecule has 0 amide bonds. The van der Waals surface area contributed by atoms with Crippen molar-refractivity contribution in [2.24, 2.45) is 0 Å². The Kier molecular flexibility index (Phi) is 4.48. The van der Waals surface area contributed by atoms with Crippen LogP contribution in [-0.2, 0) is 11.2 Å². The second-order valence-electron chi connectivity index (χ2n) is 5.92. The number of aryl methyl sites for hydroxylation is 1. The first-order chi connectivity index (χ1) is 10.1. The molecule has 3 rings (SSSR count). The normalized spacial score (nSPS) is 23.2. The minimum atomic E-state index is -0.709. The Balaban J connectivity index is 1.58. The smallest absolute Gasteiger partial charge is 0.304 e. The molecule has 0 saturated carbocycles. The van der Waals surface area contributed by atoms with Crippen LogP contribution in [0, 0.1) is 0 Å². The van der Waals surface area contributed by atoms with Crippen LogP contribution in [0.2, 0.25) is 5.02 Å². The van der Waals surface area contributed by atoms with Crippen molar-refractivity contribution in [1.82, 2.24) is 9.80 Å². The molecule has 1 aliphatic heterocycles. The van der Waals surface area contributed by atoms with Crippen molar-refractivity contribution in [3.63, 3.8) is 0 Å². The van der Waals surface area contributed by atoms with E-state index >= 15 is 0 Å². The number of benzene rings is 1. The minimum absolute atomic E-state index is 0.241. The van der Waals surface area contributed by atoms with E-state index in [2.05, 4.69) is 21.9 Å². The van der Waals surface area contributed by atoms with Crippen molar-refractivity contribution in [1.29, 1.82) is 0 Å². The number of piperazine rings is 1. The van der Waals surface area contributed by atoms with Crippen molar-refractivity contribution in [3.05, 3.63) is 34.3 Å². The summed E-state index contributed by atoms with van der Waals surface area (Å²) in [5, 5.41) is 9.58. The van der Waals surface area contributed by atoms with Gasteiger partial charge in [-0.3, -0.25) is 9.69 Å². The fourth-order valence-corrected chi connectivity index (χ4v) is 3.69. The van der Waals surface area contributed by atoms with E-state index in [1.165, 1.54) is 17.5 Å². The topological polar surface area (TPSA) is 43.8 Å². The summed E-state index contributed by atoms with van der Waals surface area (Å²) in [4.78, 5) is 15.4. The maximum absolute atomic E-state index is 10.6. The van der Waals surface area contributed by atoms with E-state index in [0.717, 1.165) is 37.6 Å². The highest BCUT2D eigenvalue weighted by Gasteiger charge is 2.30. The highest BCUT2D eigenvalue weighted by Crippen LogP contribution is 2.37. The standard InChI is InChI=1S/C16H21ClN2O2/c17-13-2-3-14-12(11-13)1-4-15(14)19-9-7-18(8-10-19)6-5-16(20)21/h2-3,11,15H,1,4-10H2,(H,20,21). The largest absolute Gasteiger partial charge is 0.481 e. The lowest BCUT2D eigenvalue weighted by Gasteiger charge is -2.38. The van der Waals surface area contributed by atoms with E-state index in [1.54, 1.807) is 0 Å². The molecule has 1 unspecified atom stereocenters. The molecular formula is C16H21ClN2O2. The van der Waals surface area contributed by atoms with Gasteiger partial charge in [0.1, 0.15) is 0 Å². The van der Waals surface area contributed by atoms with Crippen LogP contribution in [0.1, 0.15) is 30.0 Å². The average molecular weight is 309 g/mol. The van der Waals surface area contributed by atoms with Gasteiger partial charge in [0, 0.05) is 43.8 Å². The van der Waals surface area contributed by atoms with Crippen LogP contribution < -0.4 is 0 Å². The molecule has 0 bridgehead atoms. The van der Waals surface area contributed by atoms with E-state index in [4.69, 9.17) is 16.7 Å². The summed E-state index contributed by atoms with van der Waals surface area (Å²) in [5.41, 5.74) is 2.82. The van der Waals surface area contributed by atoms with Crippen LogP contribution in [0.15, 0.2) is 18.2 Å². The van der Waals surface area contributed by atoms with Crippen molar-refractivity contribution < 1.29 is 9.90 Å². The van der Waals surface area contributed by atoms with E-state index < -0.39 is 5.97 Å². The van der Waals surface area contributed by atoms with Gasteiger partial charge >= 0.3 is 5.97 Å². The summed E-state index contributed by atoms with van der Waals surface area (Å²) in [7, 11) is 0. The molecule has 4 nitrogen and oxygen atoms in total. The van der Waals surface area contributed by atoms with E-state index in [1.807, 2.05) is 6.07 Å². The van der Waals surface area contributed by atoms with Gasteiger partial charge in [0.15, 0.2) is 0 Å². The van der Waals surface area contributed by atoms with Crippen LogP contribution in [0.25, 0.3) is 0 Å². The molecule has 2 aliphatic rings. The number of carboxylic acid groups (broad SMARTS) is 1. The van der Waals surface area contributed by atoms with Crippen molar-refractivity contribution >= 4 is 17.6 Å². The quantitative estimate of drug-likeness (QED) is 0.928. The predicted octanol–water partition coefficient (Wildman–Crippen LogP) is 2.42. The minimum Gasteiger partial charge on any atom is -0.481 e. The Morgan fingerprint density at radius 2 is 2.05 bits per heavy atom. The van der Waals surface area contributed by atoms with Gasteiger partial charge in [-0.25, -0.2) is 0 Å². The van der Waals surface area contributed by atoms with Crippen molar-refractivity contribution in [3.8, 4) is 0 Å². The number of rotatable bonds is 4. The van der Waals surface area contributed by atoms with Crippen LogP contribution in [0.5, 0.6) is 0 Å². The fourth-order valence-electron chi connectivity index (χ4n) is 3.50. The Labute approximate surface area is 130 Å². The molecule has 5 heteroatoms. The maximum atomic E-state index is 10.6. The Bertz CT molecular complexity index is 527. The molecule has 1 atom stereocenters. The first kappa shape index (κ1) is 14.8. The van der Waals surface area contributed by atoms with Gasteiger partial charge in [0.05, 0.1) is 6.42 Å². The summed E-state index contributed by atoms with van der Waals surface area (Å²) in [6.45, 7) is 4.64. The number of nitrogens with zero attached hydrogens (tertiary/aromatic N) is 2. The SMILES string of the molecule is O=C(O)CCN1CCN(C2CCc3cc(Cl)ccc32)CC1. The maximum Gasteiger partial charge on any atom is 0.304 e. The molecule has 21 heavy (non-hydrogen) atoms. The highest BCUT2D eigenvalue weighted by atomic mass is 35.5. The zero-order valence-corrected chi connectivity index (χ0v) is 12.9. The Morgan fingerprint density at radius 3 is 2.76 bits per heavy atom. The van der Waals surface area contributed by atoms with Gasteiger partial charge in [0.2, 0.25) is 0 Å². The second kappa shape index (κ2) is 6.34. The van der Waals surface area contributed by atoms with Crippen molar-refractivity contribution in [2.75, 3.05) is 32.7 Å². The monoisotopic (exact) mass is 308 g/mol. The lowest BCUT2D eigenvalue weighted by molar-refractivity contribution is -0.137. The molecular weight excluding hydrogens is 288 g/mol. The molecule has 1 fully saturated rings. The lowest BCUT2D eigenvalue weighted by Crippen LogP contribution is -2.47. The highest BCUT2D eigenvalue weighted by molar-refractivity contribution is 6.30. The van der Waals surface area contributed by atoms with E-state index in [9.17, 15) is 4.79 Å². The van der Waals surface area contributed by atoms with Crippen molar-refractivity contribution in [2.45, 2.75) is 25.3 Å². The average Bonchev–Trinajstić information content (AvgIpc) is 2.88. The first-order valence-corrected chi connectivity index (χ1v) is 7.98. The van der Waals surface area contributed by atoms with Gasteiger partial charge in [0.25, 0.3) is 0 Å². The van der Waals surface area contributed by atoms with Gasteiger partial charge in [-0.2, -0.15) is 0 Å². The lowest BCUT2D eigenvalue weighted by atomic mass is 10.1. The number of halogens is 1. The van der Waals surface area contributed by atoms with Crippen LogP contribution in [0.4, 0.5) is 0 Å². The summed E-state index contributed by atoms with van der Waals surface area (Å²) in [6, 6.07) is 6.77. The third-order valence-electron chi connectivity index (χ3n) is 4.64. The van der Waals surface area contributed by atoms with Gasteiger partial charge in [-0.1, -0.05) is 17.7 Å². The zero-order chi connectivity index (χ0) is 14.8. The fraction of sp³-hybridized carbons (Fsp3) is 0.562. The molecule has 0 aromatic heterocycles. The molecule has 1 aromatic carbocycles. The Morgan fingerprint density at radius 1 is 1.29 bits per heavy atom. The summed E-state index contributed by atoms with van der Waals surface area (Å²) >= 11 is 6.07. The van der Waals surface area contributed by atoms with E-state index in [0.29, 0.717) is 12.6 Å². The predicted molar refractivity (Wildman–Crippen MR) is 82.8 cm³/mol. The molecule has 0 spiro atoms. The van der Waals surface area contributed by atoms with Crippen LogP contribution in [-0.4, -0.2) is 53.6 Å². The number of hydrogen-bond acceptors (Lipinski definition) is 3. The van der Waals surface area contributed by atoms with E-state index in [-0.39, 0.29) is 6.42 Å². The number of hydrogen-bond donors (Lipinski definition) is 1. The van der Waals surface area contributed by atoms with Gasteiger partial charge in [-0.05, 0) is 36.1 Å². The molecule has 114 valence electrons. The third-order valence-corrected chi connectivity index (χ3v) is 4.88. The second-order valence-corrected chi connectivity index (χ2v) is 6.36. The molecule has 0 radical (unpaired) electrons.